The highest BCUT2D eigenvalue weighted by Gasteiger charge is 2.08. The van der Waals surface area contributed by atoms with Crippen molar-refractivity contribution in [3.8, 4) is 0 Å². The number of anilines is 2. The maximum atomic E-state index is 6.13. The standard InChI is InChI=1S/C14H7Cl4N3/c15-9-3-4-11(17)13-8(9)6-19-14(21-13)20-7-1-2-10(16)12(18)5-7/h1-6H,(H,19,20,21). The number of fused-ring (bicyclic) bond motifs is 1. The second kappa shape index (κ2) is 5.85. The predicted molar refractivity (Wildman–Crippen MR) is 89.3 cm³/mol. The lowest BCUT2D eigenvalue weighted by atomic mass is 10.2. The van der Waals surface area contributed by atoms with E-state index < -0.39 is 0 Å². The summed E-state index contributed by atoms with van der Waals surface area (Å²) in [6.45, 7) is 0. The summed E-state index contributed by atoms with van der Waals surface area (Å²) in [5, 5.41) is 5.73. The normalized spacial score (nSPS) is 10.9. The summed E-state index contributed by atoms with van der Waals surface area (Å²) in [6.07, 6.45) is 1.62. The van der Waals surface area contributed by atoms with E-state index in [1.807, 2.05) is 0 Å². The number of aromatic nitrogens is 2. The van der Waals surface area contributed by atoms with Gasteiger partial charge in [-0.05, 0) is 30.3 Å². The van der Waals surface area contributed by atoms with Gasteiger partial charge < -0.3 is 5.32 Å². The predicted octanol–water partition coefficient (Wildman–Crippen LogP) is 5.99. The fourth-order valence-corrected chi connectivity index (χ4v) is 2.52. The van der Waals surface area contributed by atoms with Gasteiger partial charge in [0.05, 0.1) is 25.6 Å². The van der Waals surface area contributed by atoms with Gasteiger partial charge in [-0.1, -0.05) is 46.4 Å². The van der Waals surface area contributed by atoms with Crippen molar-refractivity contribution in [3.05, 3.63) is 56.6 Å². The summed E-state index contributed by atoms with van der Waals surface area (Å²) >= 11 is 24.1. The molecule has 1 N–H and O–H groups in total. The van der Waals surface area contributed by atoms with E-state index in [0.717, 1.165) is 5.69 Å². The van der Waals surface area contributed by atoms with E-state index in [1.54, 1.807) is 36.5 Å². The monoisotopic (exact) mass is 357 g/mol. The van der Waals surface area contributed by atoms with E-state index >= 15 is 0 Å². The molecule has 1 aromatic heterocycles. The largest absolute Gasteiger partial charge is 0.324 e. The number of rotatable bonds is 2. The Morgan fingerprint density at radius 3 is 2.29 bits per heavy atom. The zero-order valence-electron chi connectivity index (χ0n) is 10.4. The zero-order valence-corrected chi connectivity index (χ0v) is 13.4. The minimum absolute atomic E-state index is 0.394. The summed E-state index contributed by atoms with van der Waals surface area (Å²) < 4.78 is 0. The molecule has 0 aliphatic carbocycles. The molecule has 0 bridgehead atoms. The lowest BCUT2D eigenvalue weighted by Crippen LogP contribution is -1.97. The van der Waals surface area contributed by atoms with Crippen LogP contribution in [-0.2, 0) is 0 Å². The first-order chi connectivity index (χ1) is 10.0. The molecule has 3 rings (SSSR count). The number of nitrogens with one attached hydrogen (secondary N) is 1. The molecule has 0 aliphatic heterocycles. The fraction of sp³-hybridized carbons (Fsp3) is 0. The maximum Gasteiger partial charge on any atom is 0.227 e. The van der Waals surface area contributed by atoms with Gasteiger partial charge in [-0.25, -0.2) is 9.97 Å². The Labute approximate surface area is 140 Å². The fourth-order valence-electron chi connectivity index (χ4n) is 1.82. The summed E-state index contributed by atoms with van der Waals surface area (Å²) in [4.78, 5) is 8.58. The minimum atomic E-state index is 0.394. The highest BCUT2D eigenvalue weighted by Crippen LogP contribution is 2.30. The Kier molecular flexibility index (Phi) is 4.09. The Morgan fingerprint density at radius 1 is 0.810 bits per heavy atom. The third kappa shape index (κ3) is 3.01. The molecule has 0 atom stereocenters. The molecule has 0 amide bonds. The minimum Gasteiger partial charge on any atom is -0.324 e. The van der Waals surface area contributed by atoms with Crippen LogP contribution in [0.4, 0.5) is 11.6 Å². The molecule has 0 fully saturated rings. The molecular formula is C14H7Cl4N3. The van der Waals surface area contributed by atoms with Crippen molar-refractivity contribution >= 4 is 68.9 Å². The lowest BCUT2D eigenvalue weighted by molar-refractivity contribution is 1.21. The molecular weight excluding hydrogens is 352 g/mol. The van der Waals surface area contributed by atoms with Crippen LogP contribution < -0.4 is 5.32 Å². The highest BCUT2D eigenvalue weighted by atomic mass is 35.5. The van der Waals surface area contributed by atoms with Crippen molar-refractivity contribution in [3.63, 3.8) is 0 Å². The van der Waals surface area contributed by atoms with Gasteiger partial charge in [0.25, 0.3) is 0 Å². The lowest BCUT2D eigenvalue weighted by Gasteiger charge is -2.08. The van der Waals surface area contributed by atoms with Crippen LogP contribution in [0.2, 0.25) is 20.1 Å². The molecule has 0 spiro atoms. The van der Waals surface area contributed by atoms with E-state index in [9.17, 15) is 0 Å². The molecule has 0 saturated carbocycles. The van der Waals surface area contributed by atoms with Crippen molar-refractivity contribution in [1.29, 1.82) is 0 Å². The highest BCUT2D eigenvalue weighted by molar-refractivity contribution is 6.42. The molecule has 3 nitrogen and oxygen atoms in total. The van der Waals surface area contributed by atoms with Crippen LogP contribution >= 0.6 is 46.4 Å². The maximum absolute atomic E-state index is 6.13. The molecule has 1 heterocycles. The molecule has 7 heteroatoms. The second-order valence-electron chi connectivity index (χ2n) is 4.24. The molecule has 0 radical (unpaired) electrons. The van der Waals surface area contributed by atoms with Gasteiger partial charge in [-0.15, -0.1) is 0 Å². The van der Waals surface area contributed by atoms with E-state index in [1.165, 1.54) is 0 Å². The number of nitrogens with zero attached hydrogens (tertiary/aromatic N) is 2. The van der Waals surface area contributed by atoms with Gasteiger partial charge in [0, 0.05) is 17.3 Å². The van der Waals surface area contributed by atoms with Crippen molar-refractivity contribution in [1.82, 2.24) is 9.97 Å². The van der Waals surface area contributed by atoms with E-state index in [0.29, 0.717) is 36.9 Å². The van der Waals surface area contributed by atoms with Crippen LogP contribution in [-0.4, -0.2) is 9.97 Å². The Bertz CT molecular complexity index is 836. The van der Waals surface area contributed by atoms with Gasteiger partial charge >= 0.3 is 0 Å². The van der Waals surface area contributed by atoms with E-state index in [4.69, 9.17) is 46.4 Å². The van der Waals surface area contributed by atoms with E-state index in [-0.39, 0.29) is 0 Å². The van der Waals surface area contributed by atoms with Crippen LogP contribution in [0.25, 0.3) is 10.9 Å². The number of benzene rings is 2. The molecule has 106 valence electrons. The van der Waals surface area contributed by atoms with Gasteiger partial charge in [0.1, 0.15) is 0 Å². The summed E-state index contributed by atoms with van der Waals surface area (Å²) in [5.41, 5.74) is 1.31. The second-order valence-corrected chi connectivity index (χ2v) is 5.87. The third-order valence-corrected chi connectivity index (χ3v) is 4.20. The Hall–Kier alpha value is -1.26. The van der Waals surface area contributed by atoms with Crippen LogP contribution in [0.15, 0.2) is 36.5 Å². The summed E-state index contributed by atoms with van der Waals surface area (Å²) in [7, 11) is 0. The number of hydrogen-bond donors (Lipinski definition) is 1. The Morgan fingerprint density at radius 2 is 1.52 bits per heavy atom. The zero-order chi connectivity index (χ0) is 15.0. The first-order valence-corrected chi connectivity index (χ1v) is 7.38. The van der Waals surface area contributed by atoms with Gasteiger partial charge in [0.2, 0.25) is 5.95 Å². The van der Waals surface area contributed by atoms with Crippen LogP contribution in [0.5, 0.6) is 0 Å². The first kappa shape index (κ1) is 14.7. The average molecular weight is 359 g/mol. The first-order valence-electron chi connectivity index (χ1n) is 5.87. The molecule has 2 aromatic carbocycles. The van der Waals surface area contributed by atoms with Crippen LogP contribution in [0.1, 0.15) is 0 Å². The van der Waals surface area contributed by atoms with Gasteiger partial charge in [0.15, 0.2) is 0 Å². The number of halogens is 4. The van der Waals surface area contributed by atoms with Crippen molar-refractivity contribution < 1.29 is 0 Å². The van der Waals surface area contributed by atoms with Crippen molar-refractivity contribution in [2.45, 2.75) is 0 Å². The molecule has 0 unspecified atom stereocenters. The third-order valence-electron chi connectivity index (χ3n) is 2.82. The summed E-state index contributed by atoms with van der Waals surface area (Å²) in [5.74, 6) is 0.394. The van der Waals surface area contributed by atoms with E-state index in [2.05, 4.69) is 15.3 Å². The molecule has 0 aliphatic rings. The molecule has 0 saturated heterocycles. The van der Waals surface area contributed by atoms with Crippen LogP contribution in [0, 0.1) is 0 Å². The van der Waals surface area contributed by atoms with Crippen molar-refractivity contribution in [2.24, 2.45) is 0 Å². The Balaban J connectivity index is 2.01. The summed E-state index contributed by atoms with van der Waals surface area (Å²) in [6, 6.07) is 8.57. The topological polar surface area (TPSA) is 37.8 Å². The molecule has 21 heavy (non-hydrogen) atoms. The number of hydrogen-bond acceptors (Lipinski definition) is 3. The van der Waals surface area contributed by atoms with Gasteiger partial charge in [-0.2, -0.15) is 0 Å². The quantitative estimate of drug-likeness (QED) is 0.611. The van der Waals surface area contributed by atoms with Crippen molar-refractivity contribution in [2.75, 3.05) is 5.32 Å². The molecule has 3 aromatic rings. The smallest absolute Gasteiger partial charge is 0.227 e. The average Bonchev–Trinajstić information content (AvgIpc) is 2.47. The van der Waals surface area contributed by atoms with Crippen LogP contribution in [0.3, 0.4) is 0 Å². The van der Waals surface area contributed by atoms with Gasteiger partial charge in [-0.3, -0.25) is 0 Å². The SMILES string of the molecule is Clc1ccc(Nc2ncc3c(Cl)ccc(Cl)c3n2)cc1Cl.